The highest BCUT2D eigenvalue weighted by Crippen LogP contribution is 2.15. The van der Waals surface area contributed by atoms with Gasteiger partial charge < -0.3 is 10.7 Å². The van der Waals surface area contributed by atoms with Crippen LogP contribution in [0.1, 0.15) is 47.4 Å². The number of imidazole rings is 1. The molecule has 0 bridgehead atoms. The molecule has 0 amide bonds. The molecule has 0 aliphatic heterocycles. The summed E-state index contributed by atoms with van der Waals surface area (Å²) in [4.78, 5) is 23.2. The zero-order chi connectivity index (χ0) is 19.4. The van der Waals surface area contributed by atoms with E-state index >= 15 is 0 Å². The lowest BCUT2D eigenvalue weighted by Crippen LogP contribution is -2.18. The topological polar surface area (TPSA) is 89.6 Å². The summed E-state index contributed by atoms with van der Waals surface area (Å²) in [5.74, 6) is 0.832. The molecular formula is C19H31N5O. The molecule has 0 aliphatic carbocycles. The van der Waals surface area contributed by atoms with Gasteiger partial charge in [0.15, 0.2) is 11.5 Å². The number of anilines is 1. The average molecular weight is 345 g/mol. The van der Waals surface area contributed by atoms with Crippen molar-refractivity contribution in [1.29, 1.82) is 0 Å². The molecule has 6 heteroatoms. The number of hydrogen-bond acceptors (Lipinski definition) is 4. The van der Waals surface area contributed by atoms with E-state index in [1.54, 1.807) is 11.5 Å². The molecule has 0 atom stereocenters. The van der Waals surface area contributed by atoms with E-state index in [1.165, 1.54) is 0 Å². The monoisotopic (exact) mass is 345 g/mol. The number of nitrogens with zero attached hydrogens (tertiary/aromatic N) is 3. The third kappa shape index (κ3) is 6.06. The van der Waals surface area contributed by atoms with Crippen LogP contribution in [-0.4, -0.2) is 19.5 Å². The fourth-order valence-corrected chi connectivity index (χ4v) is 2.02. The van der Waals surface area contributed by atoms with E-state index in [9.17, 15) is 4.79 Å². The minimum absolute atomic E-state index is 0.240. The number of H-pyrrole nitrogens is 1. The SMILES string of the molecule is CC.CC.C\C=C/C=C\C(=C/C)Cn1c(=O)[nH]c2c(N)nc(C)nc21. The van der Waals surface area contributed by atoms with Crippen LogP contribution in [0.3, 0.4) is 0 Å². The molecule has 25 heavy (non-hydrogen) atoms. The molecule has 6 nitrogen and oxygen atoms in total. The molecule has 0 spiro atoms. The number of fused-ring (bicyclic) bond motifs is 1. The van der Waals surface area contributed by atoms with Gasteiger partial charge in [-0.2, -0.15) is 0 Å². The first kappa shape index (κ1) is 22.4. The molecule has 0 aliphatic rings. The van der Waals surface area contributed by atoms with Crippen molar-refractivity contribution < 1.29 is 0 Å². The van der Waals surface area contributed by atoms with Crippen LogP contribution in [0.15, 0.2) is 40.7 Å². The van der Waals surface area contributed by atoms with Gasteiger partial charge in [0.2, 0.25) is 0 Å². The standard InChI is InChI=1S/C15H19N5O.2C2H6/c1-4-6-7-8-11(5-2)9-20-14-12(19-15(20)21)13(16)17-10(3)18-14;2*1-2/h4-8H,9H2,1-3H3,(H,19,21)(H2,16,17,18);2*1-2H3/b6-4-,8-7-,11-5+;;. The Morgan fingerprint density at radius 1 is 1.16 bits per heavy atom. The predicted octanol–water partition coefficient (Wildman–Crippen LogP) is 4.14. The van der Waals surface area contributed by atoms with Crippen LogP contribution < -0.4 is 11.4 Å². The molecule has 0 saturated carbocycles. The van der Waals surface area contributed by atoms with Crippen molar-refractivity contribution in [3.8, 4) is 0 Å². The fourth-order valence-electron chi connectivity index (χ4n) is 2.02. The summed E-state index contributed by atoms with van der Waals surface area (Å²) >= 11 is 0. The van der Waals surface area contributed by atoms with Gasteiger partial charge in [-0.3, -0.25) is 4.57 Å². The normalized spacial score (nSPS) is 11.4. The van der Waals surface area contributed by atoms with Crippen LogP contribution in [0.4, 0.5) is 5.82 Å². The van der Waals surface area contributed by atoms with E-state index in [0.29, 0.717) is 29.4 Å². The molecule has 0 radical (unpaired) electrons. The van der Waals surface area contributed by atoms with E-state index in [2.05, 4.69) is 15.0 Å². The summed E-state index contributed by atoms with van der Waals surface area (Å²) in [5.41, 5.74) is 7.61. The Balaban J connectivity index is 0.00000134. The second kappa shape index (κ2) is 11.8. The van der Waals surface area contributed by atoms with Gasteiger partial charge >= 0.3 is 5.69 Å². The number of allylic oxidation sites excluding steroid dienone is 6. The van der Waals surface area contributed by atoms with Crippen molar-refractivity contribution in [3.63, 3.8) is 0 Å². The fraction of sp³-hybridized carbons (Fsp3) is 0.421. The number of nitrogens with two attached hydrogens (primary N) is 1. The van der Waals surface area contributed by atoms with Gasteiger partial charge in [-0.1, -0.05) is 58.1 Å². The van der Waals surface area contributed by atoms with E-state index in [-0.39, 0.29) is 5.69 Å². The molecule has 0 saturated heterocycles. The lowest BCUT2D eigenvalue weighted by molar-refractivity contribution is 0.773. The Bertz CT molecular complexity index is 794. The molecule has 0 aromatic carbocycles. The Hall–Kier alpha value is -2.63. The first-order valence-corrected chi connectivity index (χ1v) is 8.74. The van der Waals surface area contributed by atoms with Crippen LogP contribution in [0.25, 0.3) is 11.2 Å². The molecule has 0 unspecified atom stereocenters. The van der Waals surface area contributed by atoms with Crippen molar-refractivity contribution in [2.75, 3.05) is 5.73 Å². The van der Waals surface area contributed by atoms with Crippen LogP contribution >= 0.6 is 0 Å². The Labute approximate surface area is 150 Å². The Morgan fingerprint density at radius 3 is 2.36 bits per heavy atom. The second-order valence-corrected chi connectivity index (χ2v) is 4.62. The van der Waals surface area contributed by atoms with Crippen LogP contribution in [0, 0.1) is 6.92 Å². The molecular weight excluding hydrogens is 314 g/mol. The largest absolute Gasteiger partial charge is 0.382 e. The molecule has 2 aromatic rings. The minimum atomic E-state index is -0.240. The van der Waals surface area contributed by atoms with Crippen molar-refractivity contribution >= 4 is 17.0 Å². The zero-order valence-corrected chi connectivity index (χ0v) is 16.4. The van der Waals surface area contributed by atoms with Crippen molar-refractivity contribution in [3.05, 3.63) is 52.3 Å². The third-order valence-corrected chi connectivity index (χ3v) is 3.09. The van der Waals surface area contributed by atoms with Gasteiger partial charge in [0, 0.05) is 0 Å². The van der Waals surface area contributed by atoms with Crippen LogP contribution in [0.2, 0.25) is 0 Å². The third-order valence-electron chi connectivity index (χ3n) is 3.09. The van der Waals surface area contributed by atoms with Gasteiger partial charge in [-0.25, -0.2) is 14.8 Å². The molecule has 2 rings (SSSR count). The summed E-state index contributed by atoms with van der Waals surface area (Å²) in [5, 5.41) is 0. The second-order valence-electron chi connectivity index (χ2n) is 4.62. The quantitative estimate of drug-likeness (QED) is 0.815. The summed E-state index contributed by atoms with van der Waals surface area (Å²) in [7, 11) is 0. The van der Waals surface area contributed by atoms with Crippen molar-refractivity contribution in [2.24, 2.45) is 0 Å². The highest BCUT2D eigenvalue weighted by Gasteiger charge is 2.12. The zero-order valence-electron chi connectivity index (χ0n) is 16.4. The van der Waals surface area contributed by atoms with Crippen molar-refractivity contribution in [2.45, 2.75) is 55.0 Å². The summed E-state index contributed by atoms with van der Waals surface area (Å²) in [6.07, 6.45) is 9.74. The van der Waals surface area contributed by atoms with Gasteiger partial charge in [-0.05, 0) is 26.3 Å². The first-order valence-electron chi connectivity index (χ1n) is 8.74. The first-order chi connectivity index (χ1) is 12.1. The summed E-state index contributed by atoms with van der Waals surface area (Å²) < 4.78 is 1.57. The van der Waals surface area contributed by atoms with Gasteiger partial charge in [0.25, 0.3) is 0 Å². The van der Waals surface area contributed by atoms with Gasteiger partial charge in [0.1, 0.15) is 11.3 Å². The highest BCUT2D eigenvalue weighted by molar-refractivity contribution is 5.81. The van der Waals surface area contributed by atoms with Gasteiger partial charge in [-0.15, -0.1) is 0 Å². The number of nitrogen functional groups attached to an aromatic ring is 1. The maximum atomic E-state index is 12.1. The highest BCUT2D eigenvalue weighted by atomic mass is 16.1. The van der Waals surface area contributed by atoms with Crippen LogP contribution in [0.5, 0.6) is 0 Å². The van der Waals surface area contributed by atoms with E-state index < -0.39 is 0 Å². The molecule has 0 fully saturated rings. The number of rotatable bonds is 4. The number of aromatic nitrogens is 4. The van der Waals surface area contributed by atoms with E-state index in [1.807, 2.05) is 71.9 Å². The number of nitrogens with one attached hydrogen (secondary N) is 1. The molecule has 2 heterocycles. The van der Waals surface area contributed by atoms with Crippen LogP contribution in [-0.2, 0) is 6.54 Å². The lowest BCUT2D eigenvalue weighted by atomic mass is 10.2. The number of hydrogen-bond donors (Lipinski definition) is 2. The summed E-state index contributed by atoms with van der Waals surface area (Å²) in [6, 6.07) is 0. The summed E-state index contributed by atoms with van der Waals surface area (Å²) in [6.45, 7) is 14.1. The average Bonchev–Trinajstić information content (AvgIpc) is 2.94. The molecule has 138 valence electrons. The number of aromatic amines is 1. The van der Waals surface area contributed by atoms with E-state index in [4.69, 9.17) is 5.73 Å². The van der Waals surface area contributed by atoms with E-state index in [0.717, 1.165) is 5.57 Å². The molecule has 3 N–H and O–H groups in total. The lowest BCUT2D eigenvalue weighted by Gasteiger charge is -2.04. The smallest absolute Gasteiger partial charge is 0.328 e. The Kier molecular flexibility index (Phi) is 10.6. The maximum absolute atomic E-state index is 12.1. The molecule has 2 aromatic heterocycles. The predicted molar refractivity (Wildman–Crippen MR) is 108 cm³/mol. The Morgan fingerprint density at radius 2 is 1.80 bits per heavy atom. The number of aryl methyl sites for hydroxylation is 1. The minimum Gasteiger partial charge on any atom is -0.382 e. The van der Waals surface area contributed by atoms with Gasteiger partial charge in [0.05, 0.1) is 6.54 Å². The maximum Gasteiger partial charge on any atom is 0.328 e. The van der Waals surface area contributed by atoms with Crippen molar-refractivity contribution in [1.82, 2.24) is 19.5 Å².